The number of nitrogens with one attached hydrogen (secondary N) is 1. The summed E-state index contributed by atoms with van der Waals surface area (Å²) in [4.78, 5) is 28.9. The summed E-state index contributed by atoms with van der Waals surface area (Å²) < 4.78 is 13.2. The normalized spacial score (nSPS) is 12.9. The summed E-state index contributed by atoms with van der Waals surface area (Å²) >= 11 is 0. The van der Waals surface area contributed by atoms with Gasteiger partial charge in [-0.2, -0.15) is 0 Å². The van der Waals surface area contributed by atoms with E-state index in [-0.39, 0.29) is 11.7 Å². The number of aromatic nitrogens is 4. The molecular weight excluding hydrogens is 387 g/mol. The highest BCUT2D eigenvalue weighted by molar-refractivity contribution is 5.82. The molecular formula is C21H23FN6O2. The predicted octanol–water partition coefficient (Wildman–Crippen LogP) is 1.60. The van der Waals surface area contributed by atoms with Gasteiger partial charge >= 0.3 is 0 Å². The SMILES string of the molecule is C[C@H](Cc1nc(Cc2cnccn2)cc(N[C@@H](CO)C(N)=O)n1)c1ccc(F)cc1. The number of carbonyl (C=O) groups is 1. The van der Waals surface area contributed by atoms with E-state index in [9.17, 15) is 14.3 Å². The van der Waals surface area contributed by atoms with Crippen molar-refractivity contribution < 1.29 is 14.3 Å². The minimum absolute atomic E-state index is 0.0370. The molecule has 1 aromatic carbocycles. The molecule has 2 aromatic heterocycles. The number of halogens is 1. The Balaban J connectivity index is 1.87. The van der Waals surface area contributed by atoms with Crippen molar-refractivity contribution in [3.63, 3.8) is 0 Å². The molecule has 0 fully saturated rings. The molecule has 0 saturated heterocycles. The molecule has 0 aliphatic heterocycles. The van der Waals surface area contributed by atoms with Crippen LogP contribution in [0.1, 0.15) is 35.6 Å². The van der Waals surface area contributed by atoms with Crippen molar-refractivity contribution in [3.8, 4) is 0 Å². The van der Waals surface area contributed by atoms with Crippen molar-refractivity contribution >= 4 is 11.7 Å². The highest BCUT2D eigenvalue weighted by atomic mass is 19.1. The number of benzene rings is 1. The van der Waals surface area contributed by atoms with E-state index in [0.29, 0.717) is 30.2 Å². The van der Waals surface area contributed by atoms with Crippen LogP contribution in [0.5, 0.6) is 0 Å². The van der Waals surface area contributed by atoms with Gasteiger partial charge in [-0.15, -0.1) is 0 Å². The van der Waals surface area contributed by atoms with Crippen LogP contribution in [-0.4, -0.2) is 43.6 Å². The van der Waals surface area contributed by atoms with Crippen molar-refractivity contribution in [2.75, 3.05) is 11.9 Å². The highest BCUT2D eigenvalue weighted by Crippen LogP contribution is 2.21. The van der Waals surface area contributed by atoms with Crippen LogP contribution in [0.4, 0.5) is 10.2 Å². The third-order valence-corrected chi connectivity index (χ3v) is 4.58. The van der Waals surface area contributed by atoms with E-state index in [0.717, 1.165) is 11.3 Å². The Labute approximate surface area is 173 Å². The molecule has 8 nitrogen and oxygen atoms in total. The summed E-state index contributed by atoms with van der Waals surface area (Å²) in [7, 11) is 0. The lowest BCUT2D eigenvalue weighted by Gasteiger charge is -2.16. The average Bonchev–Trinajstić information content (AvgIpc) is 2.73. The van der Waals surface area contributed by atoms with Gasteiger partial charge in [0.1, 0.15) is 23.5 Å². The smallest absolute Gasteiger partial charge is 0.242 e. The van der Waals surface area contributed by atoms with Crippen LogP contribution in [-0.2, 0) is 17.6 Å². The van der Waals surface area contributed by atoms with E-state index in [1.165, 1.54) is 12.1 Å². The van der Waals surface area contributed by atoms with Gasteiger partial charge in [0.2, 0.25) is 5.91 Å². The van der Waals surface area contributed by atoms with Crippen LogP contribution in [0.2, 0.25) is 0 Å². The lowest BCUT2D eigenvalue weighted by Crippen LogP contribution is -2.38. The first-order chi connectivity index (χ1) is 14.4. The number of amides is 1. The zero-order valence-corrected chi connectivity index (χ0v) is 16.5. The number of nitrogens with zero attached hydrogens (tertiary/aromatic N) is 4. The van der Waals surface area contributed by atoms with Gasteiger partial charge in [-0.1, -0.05) is 19.1 Å². The van der Waals surface area contributed by atoms with Gasteiger partial charge in [0, 0.05) is 37.5 Å². The van der Waals surface area contributed by atoms with Crippen LogP contribution in [0.15, 0.2) is 48.9 Å². The van der Waals surface area contributed by atoms with Crippen LogP contribution in [0.3, 0.4) is 0 Å². The first-order valence-electron chi connectivity index (χ1n) is 9.48. The summed E-state index contributed by atoms with van der Waals surface area (Å²) in [5, 5.41) is 12.2. The maximum Gasteiger partial charge on any atom is 0.242 e. The second kappa shape index (κ2) is 9.84. The Morgan fingerprint density at radius 2 is 1.97 bits per heavy atom. The van der Waals surface area contributed by atoms with E-state index >= 15 is 0 Å². The maximum atomic E-state index is 13.2. The van der Waals surface area contributed by atoms with Gasteiger partial charge in [0.15, 0.2) is 0 Å². The molecule has 30 heavy (non-hydrogen) atoms. The molecule has 0 spiro atoms. The topological polar surface area (TPSA) is 127 Å². The largest absolute Gasteiger partial charge is 0.394 e. The number of hydrogen-bond donors (Lipinski definition) is 3. The van der Waals surface area contributed by atoms with Crippen LogP contribution in [0, 0.1) is 5.82 Å². The van der Waals surface area contributed by atoms with Crippen molar-refractivity contribution in [2.45, 2.75) is 31.7 Å². The molecule has 0 unspecified atom stereocenters. The molecule has 3 aromatic rings. The monoisotopic (exact) mass is 410 g/mol. The molecule has 2 atom stereocenters. The second-order valence-electron chi connectivity index (χ2n) is 6.97. The van der Waals surface area contributed by atoms with Crippen molar-refractivity contribution in [1.29, 1.82) is 0 Å². The van der Waals surface area contributed by atoms with Gasteiger partial charge in [0.25, 0.3) is 0 Å². The summed E-state index contributed by atoms with van der Waals surface area (Å²) in [5.74, 6) is -0.0242. The third kappa shape index (κ3) is 5.77. The van der Waals surface area contributed by atoms with Gasteiger partial charge in [-0.3, -0.25) is 14.8 Å². The number of aliphatic hydroxyl groups excluding tert-OH is 1. The van der Waals surface area contributed by atoms with E-state index in [4.69, 9.17) is 5.73 Å². The summed E-state index contributed by atoms with van der Waals surface area (Å²) in [6.07, 6.45) is 5.75. The maximum absolute atomic E-state index is 13.2. The van der Waals surface area contributed by atoms with Crippen LogP contribution >= 0.6 is 0 Å². The van der Waals surface area contributed by atoms with Crippen molar-refractivity contribution in [1.82, 2.24) is 19.9 Å². The fourth-order valence-electron chi connectivity index (χ4n) is 2.98. The fraction of sp³-hybridized carbons (Fsp3) is 0.286. The summed E-state index contributed by atoms with van der Waals surface area (Å²) in [6.45, 7) is 1.54. The molecule has 0 bridgehead atoms. The molecule has 4 N–H and O–H groups in total. The lowest BCUT2D eigenvalue weighted by atomic mass is 9.97. The molecule has 2 heterocycles. The zero-order chi connectivity index (χ0) is 21.5. The van der Waals surface area contributed by atoms with E-state index in [1.54, 1.807) is 36.8 Å². The van der Waals surface area contributed by atoms with Crippen LogP contribution in [0.25, 0.3) is 0 Å². The predicted molar refractivity (Wildman–Crippen MR) is 109 cm³/mol. The molecule has 0 saturated carbocycles. The quantitative estimate of drug-likeness (QED) is 0.489. The summed E-state index contributed by atoms with van der Waals surface area (Å²) in [6, 6.07) is 7.03. The Morgan fingerprint density at radius 1 is 1.20 bits per heavy atom. The summed E-state index contributed by atoms with van der Waals surface area (Å²) in [5.41, 5.74) is 7.67. The molecule has 9 heteroatoms. The van der Waals surface area contributed by atoms with Crippen molar-refractivity contribution in [3.05, 3.63) is 77.5 Å². The number of nitrogens with two attached hydrogens (primary N) is 1. The third-order valence-electron chi connectivity index (χ3n) is 4.58. The fourth-order valence-corrected chi connectivity index (χ4v) is 2.98. The lowest BCUT2D eigenvalue weighted by molar-refractivity contribution is -0.119. The van der Waals surface area contributed by atoms with E-state index in [1.807, 2.05) is 6.92 Å². The van der Waals surface area contributed by atoms with Gasteiger partial charge in [-0.25, -0.2) is 14.4 Å². The molecule has 0 radical (unpaired) electrons. The average molecular weight is 410 g/mol. The van der Waals surface area contributed by atoms with E-state index < -0.39 is 18.6 Å². The first-order valence-corrected chi connectivity index (χ1v) is 9.48. The Morgan fingerprint density at radius 3 is 2.60 bits per heavy atom. The molecule has 0 aliphatic rings. The molecule has 3 rings (SSSR count). The second-order valence-corrected chi connectivity index (χ2v) is 6.97. The standard InChI is InChI=1S/C21H23FN6O2/c1-13(14-2-4-15(22)5-3-14)8-19-26-16(9-17-11-24-6-7-25-17)10-20(28-19)27-18(12-29)21(23)30/h2-7,10-11,13,18,29H,8-9,12H2,1H3,(H2,23,30)(H,26,27,28)/t13-,18+/m1/s1. The van der Waals surface area contributed by atoms with Gasteiger partial charge < -0.3 is 16.2 Å². The number of carbonyl (C=O) groups excluding carboxylic acids is 1. The Bertz CT molecular complexity index is 985. The minimum Gasteiger partial charge on any atom is -0.394 e. The Hall–Kier alpha value is -3.46. The van der Waals surface area contributed by atoms with Gasteiger partial charge in [-0.05, 0) is 23.6 Å². The Kier molecular flexibility index (Phi) is 6.97. The minimum atomic E-state index is -0.966. The first kappa shape index (κ1) is 21.3. The number of hydrogen-bond acceptors (Lipinski definition) is 7. The molecule has 1 amide bonds. The number of anilines is 1. The number of rotatable bonds is 9. The highest BCUT2D eigenvalue weighted by Gasteiger charge is 2.17. The molecule has 0 aliphatic carbocycles. The number of primary amides is 1. The number of aliphatic hydroxyl groups is 1. The van der Waals surface area contributed by atoms with Gasteiger partial charge in [0.05, 0.1) is 18.0 Å². The molecule has 156 valence electrons. The zero-order valence-electron chi connectivity index (χ0n) is 16.5. The van der Waals surface area contributed by atoms with Crippen molar-refractivity contribution in [2.24, 2.45) is 5.73 Å². The van der Waals surface area contributed by atoms with Crippen LogP contribution < -0.4 is 11.1 Å². The van der Waals surface area contributed by atoms with E-state index in [2.05, 4.69) is 25.3 Å².